The van der Waals surface area contributed by atoms with E-state index in [1.807, 2.05) is 30.3 Å². The molecular weight excluding hydrogens is 428 g/mol. The van der Waals surface area contributed by atoms with E-state index in [9.17, 15) is 14.4 Å². The van der Waals surface area contributed by atoms with E-state index >= 15 is 0 Å². The van der Waals surface area contributed by atoms with E-state index in [1.165, 1.54) is 14.2 Å². The van der Waals surface area contributed by atoms with Crippen LogP contribution in [0, 0.1) is 0 Å². The molecule has 1 atom stereocenters. The quantitative estimate of drug-likeness (QED) is 0.230. The summed E-state index contributed by atoms with van der Waals surface area (Å²) in [6, 6.07) is 9.40. The average molecular weight is 463 g/mol. The van der Waals surface area contributed by atoms with Gasteiger partial charge < -0.3 is 23.7 Å². The molecule has 1 heterocycles. The number of hydrogen-bond donors (Lipinski definition) is 0. The molecule has 8 nitrogen and oxygen atoms in total. The van der Waals surface area contributed by atoms with Crippen molar-refractivity contribution in [1.82, 2.24) is 0 Å². The van der Waals surface area contributed by atoms with Gasteiger partial charge in [-0.3, -0.25) is 9.59 Å². The third-order valence-corrected chi connectivity index (χ3v) is 5.40. The Hall–Kier alpha value is -2.87. The van der Waals surface area contributed by atoms with Crippen molar-refractivity contribution >= 4 is 17.9 Å². The Morgan fingerprint density at radius 2 is 1.70 bits per heavy atom. The highest BCUT2D eigenvalue weighted by Crippen LogP contribution is 2.40. The first-order chi connectivity index (χ1) is 15.9. The van der Waals surface area contributed by atoms with Gasteiger partial charge in [0.25, 0.3) is 0 Å². The second kappa shape index (κ2) is 13.6. The summed E-state index contributed by atoms with van der Waals surface area (Å²) in [5.74, 6) is -1.97. The number of rotatable bonds is 14. The fraction of sp³-hybridized carbons (Fsp3) is 0.560. The Morgan fingerprint density at radius 1 is 0.970 bits per heavy atom. The van der Waals surface area contributed by atoms with Crippen LogP contribution in [0.5, 0.6) is 0 Å². The van der Waals surface area contributed by atoms with Gasteiger partial charge in [0.1, 0.15) is 18.8 Å². The Balaban J connectivity index is 1.98. The molecule has 0 bridgehead atoms. The molecule has 0 fully saturated rings. The topological polar surface area (TPSA) is 97.4 Å². The number of unbranched alkanes of at least 4 members (excludes halogenated alkanes) is 3. The molecule has 1 aromatic carbocycles. The largest absolute Gasteiger partial charge is 0.469 e. The van der Waals surface area contributed by atoms with E-state index in [0.29, 0.717) is 30.8 Å². The van der Waals surface area contributed by atoms with Gasteiger partial charge in [0.05, 0.1) is 19.3 Å². The van der Waals surface area contributed by atoms with E-state index < -0.39 is 17.7 Å². The van der Waals surface area contributed by atoms with Gasteiger partial charge in [-0.2, -0.15) is 0 Å². The van der Waals surface area contributed by atoms with Gasteiger partial charge in [-0.25, -0.2) is 4.79 Å². The number of carbonyl (C=O) groups excluding carboxylic acids is 3. The Kier molecular flexibility index (Phi) is 10.9. The fourth-order valence-corrected chi connectivity index (χ4v) is 3.61. The van der Waals surface area contributed by atoms with E-state index in [-0.39, 0.29) is 25.4 Å². The number of ether oxygens (including phenoxy) is 5. The van der Waals surface area contributed by atoms with Gasteiger partial charge in [-0.1, -0.05) is 43.2 Å². The van der Waals surface area contributed by atoms with Gasteiger partial charge in [-0.05, 0) is 25.3 Å². The van der Waals surface area contributed by atoms with Gasteiger partial charge >= 0.3 is 17.9 Å². The maximum absolute atomic E-state index is 12.9. The lowest BCUT2D eigenvalue weighted by Gasteiger charge is -2.27. The number of carbonyl (C=O) groups is 3. The lowest BCUT2D eigenvalue weighted by Crippen LogP contribution is -2.35. The summed E-state index contributed by atoms with van der Waals surface area (Å²) >= 11 is 0. The molecule has 0 spiro atoms. The molecule has 0 saturated heterocycles. The summed E-state index contributed by atoms with van der Waals surface area (Å²) in [5, 5.41) is 0. The Bertz CT molecular complexity index is 817. The van der Waals surface area contributed by atoms with Crippen LogP contribution in [-0.2, 0) is 44.7 Å². The van der Waals surface area contributed by atoms with Gasteiger partial charge in [-0.15, -0.1) is 0 Å². The molecule has 0 aliphatic carbocycles. The minimum atomic E-state index is -1.28. The molecule has 0 amide bonds. The van der Waals surface area contributed by atoms with Crippen LogP contribution in [-0.4, -0.2) is 44.5 Å². The van der Waals surface area contributed by atoms with Crippen molar-refractivity contribution in [3.8, 4) is 0 Å². The molecule has 0 aromatic heterocycles. The maximum atomic E-state index is 12.9. The molecule has 182 valence electrons. The highest BCUT2D eigenvalue weighted by Gasteiger charge is 2.45. The summed E-state index contributed by atoms with van der Waals surface area (Å²) in [6.07, 6.45) is 4.08. The van der Waals surface area contributed by atoms with E-state index in [2.05, 4.69) is 0 Å². The third-order valence-electron chi connectivity index (χ3n) is 5.40. The summed E-state index contributed by atoms with van der Waals surface area (Å²) < 4.78 is 26.7. The van der Waals surface area contributed by atoms with Crippen molar-refractivity contribution in [2.45, 2.75) is 70.7 Å². The van der Waals surface area contributed by atoms with Crippen molar-refractivity contribution in [2.75, 3.05) is 20.8 Å². The second-order valence-corrected chi connectivity index (χ2v) is 7.83. The summed E-state index contributed by atoms with van der Waals surface area (Å²) in [5.41, 5.74) is 1.25. The number of methoxy groups -OCH3 is 2. The average Bonchev–Trinajstić information content (AvgIpc) is 3.19. The van der Waals surface area contributed by atoms with Crippen molar-refractivity contribution in [2.24, 2.45) is 0 Å². The standard InChI is InChI=1S/C25H34O8/c1-4-31-22(26)15-11-6-5-10-14-21-20(16-25(30-3,33-21)17-23(27)29-2)24(28)32-18-19-12-8-7-9-13-19/h7-9,12-13H,4-6,10-11,14-18H2,1-3H3. The second-order valence-electron chi connectivity index (χ2n) is 7.83. The molecule has 8 heteroatoms. The van der Waals surface area contributed by atoms with Crippen LogP contribution in [0.2, 0.25) is 0 Å². The third kappa shape index (κ3) is 8.53. The summed E-state index contributed by atoms with van der Waals surface area (Å²) in [6.45, 7) is 2.32. The first-order valence-electron chi connectivity index (χ1n) is 11.3. The van der Waals surface area contributed by atoms with Gasteiger partial charge in [0.2, 0.25) is 5.79 Å². The van der Waals surface area contributed by atoms with Crippen LogP contribution in [0.3, 0.4) is 0 Å². The van der Waals surface area contributed by atoms with Crippen molar-refractivity contribution in [3.05, 3.63) is 47.2 Å². The fourth-order valence-electron chi connectivity index (χ4n) is 3.61. The molecule has 33 heavy (non-hydrogen) atoms. The number of esters is 3. The van der Waals surface area contributed by atoms with Gasteiger partial charge in [0.15, 0.2) is 0 Å². The molecule has 1 unspecified atom stereocenters. The minimum absolute atomic E-state index is 0.102. The summed E-state index contributed by atoms with van der Waals surface area (Å²) in [7, 11) is 2.73. The molecule has 1 aromatic rings. The number of allylic oxidation sites excluding steroid dienone is 1. The molecule has 2 rings (SSSR count). The smallest absolute Gasteiger partial charge is 0.338 e. The zero-order valence-corrected chi connectivity index (χ0v) is 19.7. The molecule has 0 N–H and O–H groups in total. The Labute approximate surface area is 195 Å². The van der Waals surface area contributed by atoms with Crippen LogP contribution < -0.4 is 0 Å². The number of benzene rings is 1. The molecule has 0 saturated carbocycles. The van der Waals surface area contributed by atoms with Crippen LogP contribution in [0.15, 0.2) is 41.7 Å². The SMILES string of the molecule is CCOC(=O)CCCCCCC1=C(C(=O)OCc2ccccc2)CC(CC(=O)OC)(OC)O1. The molecule has 0 radical (unpaired) electrons. The zero-order chi connectivity index (χ0) is 24.1. The molecule has 1 aliphatic rings. The van der Waals surface area contributed by atoms with Gasteiger partial charge in [0, 0.05) is 26.4 Å². The highest BCUT2D eigenvalue weighted by atomic mass is 16.7. The first kappa shape index (κ1) is 26.4. The highest BCUT2D eigenvalue weighted by molar-refractivity contribution is 5.90. The van der Waals surface area contributed by atoms with Crippen LogP contribution >= 0.6 is 0 Å². The molecule has 1 aliphatic heterocycles. The lowest BCUT2D eigenvalue weighted by atomic mass is 10.0. The van der Waals surface area contributed by atoms with Crippen molar-refractivity contribution < 1.29 is 38.1 Å². The normalized spacial score (nSPS) is 17.4. The van der Waals surface area contributed by atoms with Crippen LogP contribution in [0.4, 0.5) is 0 Å². The predicted molar refractivity (Wildman–Crippen MR) is 120 cm³/mol. The zero-order valence-electron chi connectivity index (χ0n) is 19.7. The lowest BCUT2D eigenvalue weighted by molar-refractivity contribution is -0.199. The van der Waals surface area contributed by atoms with Crippen LogP contribution in [0.25, 0.3) is 0 Å². The van der Waals surface area contributed by atoms with Crippen LogP contribution in [0.1, 0.15) is 63.9 Å². The monoisotopic (exact) mass is 462 g/mol. The number of hydrogen-bond acceptors (Lipinski definition) is 8. The van der Waals surface area contributed by atoms with Crippen molar-refractivity contribution in [1.29, 1.82) is 0 Å². The van der Waals surface area contributed by atoms with E-state index in [4.69, 9.17) is 23.7 Å². The first-order valence-corrected chi connectivity index (χ1v) is 11.3. The van der Waals surface area contributed by atoms with E-state index in [1.54, 1.807) is 6.92 Å². The summed E-state index contributed by atoms with van der Waals surface area (Å²) in [4.78, 5) is 36.2. The predicted octanol–water partition coefficient (Wildman–Crippen LogP) is 4.21. The maximum Gasteiger partial charge on any atom is 0.338 e. The minimum Gasteiger partial charge on any atom is -0.469 e. The van der Waals surface area contributed by atoms with E-state index in [0.717, 1.165) is 31.2 Å². The van der Waals surface area contributed by atoms with Crippen molar-refractivity contribution in [3.63, 3.8) is 0 Å². The molecular formula is C25H34O8. The Morgan fingerprint density at radius 3 is 2.36 bits per heavy atom.